The van der Waals surface area contributed by atoms with Crippen molar-refractivity contribution in [1.82, 2.24) is 0 Å². The number of esters is 1. The maximum Gasteiger partial charge on any atom is 0.352 e. The van der Waals surface area contributed by atoms with E-state index in [2.05, 4.69) is 11.4 Å². The van der Waals surface area contributed by atoms with Gasteiger partial charge in [0.2, 0.25) is 0 Å². The van der Waals surface area contributed by atoms with Gasteiger partial charge >= 0.3 is 5.97 Å². The second kappa shape index (κ2) is 10.8. The van der Waals surface area contributed by atoms with Crippen LogP contribution in [-0.4, -0.2) is 24.0 Å². The lowest BCUT2D eigenvalue weighted by atomic mass is 9.96. The smallest absolute Gasteiger partial charge is 0.352 e. The van der Waals surface area contributed by atoms with Gasteiger partial charge in [0.15, 0.2) is 17.6 Å². The normalized spacial score (nSPS) is 14.1. The maximum atomic E-state index is 12.3. The first-order chi connectivity index (χ1) is 15.9. The molecule has 1 aromatic heterocycles. The number of hydrogen-bond donors (Lipinski definition) is 2. The fraction of sp³-hybridized carbons (Fsp3) is 0.250. The van der Waals surface area contributed by atoms with Gasteiger partial charge in [0.1, 0.15) is 17.1 Å². The number of halogens is 1. The van der Waals surface area contributed by atoms with Crippen molar-refractivity contribution in [3.8, 4) is 12.1 Å². The summed E-state index contributed by atoms with van der Waals surface area (Å²) in [4.78, 5) is 25.5. The van der Waals surface area contributed by atoms with Crippen molar-refractivity contribution in [3.05, 3.63) is 67.9 Å². The minimum absolute atomic E-state index is 0.00227. The van der Waals surface area contributed by atoms with Crippen LogP contribution in [0.4, 0.5) is 5.00 Å². The van der Waals surface area contributed by atoms with Crippen LogP contribution in [0.3, 0.4) is 0 Å². The van der Waals surface area contributed by atoms with E-state index in [1.807, 2.05) is 0 Å². The van der Waals surface area contributed by atoms with Crippen molar-refractivity contribution in [1.29, 1.82) is 10.5 Å². The average Bonchev–Trinajstić information content (AvgIpc) is 3.17. The van der Waals surface area contributed by atoms with Crippen molar-refractivity contribution in [2.75, 3.05) is 11.9 Å². The average molecular weight is 482 g/mol. The summed E-state index contributed by atoms with van der Waals surface area (Å²) in [5.74, 6) is -1.77. The van der Waals surface area contributed by atoms with Gasteiger partial charge in [0.25, 0.3) is 0 Å². The van der Waals surface area contributed by atoms with E-state index in [9.17, 15) is 25.2 Å². The molecule has 0 radical (unpaired) electrons. The van der Waals surface area contributed by atoms with Crippen LogP contribution >= 0.6 is 22.9 Å². The molecule has 0 fully saturated rings. The fourth-order valence-electron chi connectivity index (χ4n) is 3.56. The minimum atomic E-state index is -1.02. The van der Waals surface area contributed by atoms with Crippen molar-refractivity contribution in [2.24, 2.45) is 0 Å². The lowest BCUT2D eigenvalue weighted by molar-refractivity contribution is -0.138. The molecule has 168 valence electrons. The molecule has 7 nitrogen and oxygen atoms in total. The van der Waals surface area contributed by atoms with Gasteiger partial charge in [-0.2, -0.15) is 10.5 Å². The van der Waals surface area contributed by atoms with E-state index in [1.165, 1.54) is 11.3 Å². The molecule has 0 bridgehead atoms. The molecule has 3 rings (SSSR count). The molecule has 1 heterocycles. The number of benzene rings is 1. The summed E-state index contributed by atoms with van der Waals surface area (Å²) in [5, 5.41) is 34.2. The first-order valence-corrected chi connectivity index (χ1v) is 11.4. The summed E-state index contributed by atoms with van der Waals surface area (Å²) >= 11 is 7.32. The number of carbonyl (C=O) groups excluding carboxylic acids is 2. The molecule has 0 unspecified atom stereocenters. The SMILES string of the molecule is CCOC(=O)C(C#N)=C(O)C(Nc1sc2c(c1C#N)CCCC2)=C(C=O)c1ccc(Cl)cc1. The zero-order valence-electron chi connectivity index (χ0n) is 17.8. The first kappa shape index (κ1) is 24.1. The van der Waals surface area contributed by atoms with Crippen LogP contribution in [0.15, 0.2) is 41.3 Å². The number of rotatable bonds is 7. The van der Waals surface area contributed by atoms with Gasteiger partial charge in [-0.1, -0.05) is 23.7 Å². The highest BCUT2D eigenvalue weighted by atomic mass is 35.5. The third kappa shape index (κ3) is 5.09. The second-order valence-corrected chi connectivity index (χ2v) is 8.66. The number of hydrogen-bond acceptors (Lipinski definition) is 8. The minimum Gasteiger partial charge on any atom is -0.504 e. The number of anilines is 1. The predicted molar refractivity (Wildman–Crippen MR) is 126 cm³/mol. The van der Waals surface area contributed by atoms with E-state index < -0.39 is 17.3 Å². The highest BCUT2D eigenvalue weighted by Gasteiger charge is 2.26. The highest BCUT2D eigenvalue weighted by Crippen LogP contribution is 2.39. The number of nitrogens with one attached hydrogen (secondary N) is 1. The summed E-state index contributed by atoms with van der Waals surface area (Å²) in [6.07, 6.45) is 4.08. The van der Waals surface area contributed by atoms with Crippen molar-refractivity contribution < 1.29 is 19.4 Å². The largest absolute Gasteiger partial charge is 0.504 e. The van der Waals surface area contributed by atoms with Gasteiger partial charge < -0.3 is 15.2 Å². The Hall–Kier alpha value is -3.59. The Kier molecular flexibility index (Phi) is 7.89. The van der Waals surface area contributed by atoms with Gasteiger partial charge in [0.05, 0.1) is 17.9 Å². The molecule has 9 heteroatoms. The quantitative estimate of drug-likeness (QED) is 0.141. The lowest BCUT2D eigenvalue weighted by Gasteiger charge is -2.15. The number of nitrogens with zero attached hydrogens (tertiary/aromatic N) is 2. The molecule has 0 amide bonds. The molecular formula is C24H20ClN3O4S. The third-order valence-electron chi connectivity index (χ3n) is 5.13. The number of aliphatic hydroxyl groups is 1. The molecule has 2 aromatic rings. The molecule has 1 aliphatic carbocycles. The van der Waals surface area contributed by atoms with Gasteiger partial charge in [0, 0.05) is 15.5 Å². The zero-order valence-corrected chi connectivity index (χ0v) is 19.3. The van der Waals surface area contributed by atoms with Gasteiger partial charge in [-0.05, 0) is 55.9 Å². The van der Waals surface area contributed by atoms with Crippen LogP contribution in [0.1, 0.15) is 41.3 Å². The number of ether oxygens (including phenoxy) is 1. The Morgan fingerprint density at radius 2 is 1.97 bits per heavy atom. The Balaban J connectivity index is 2.24. The molecular weight excluding hydrogens is 462 g/mol. The molecule has 0 aliphatic heterocycles. The number of aryl methyl sites for hydroxylation is 1. The number of aldehydes is 1. The van der Waals surface area contributed by atoms with E-state index >= 15 is 0 Å². The first-order valence-electron chi connectivity index (χ1n) is 10.2. The molecule has 0 spiro atoms. The maximum absolute atomic E-state index is 12.3. The Bertz CT molecular complexity index is 1230. The van der Waals surface area contributed by atoms with Crippen LogP contribution in [0, 0.1) is 22.7 Å². The van der Waals surface area contributed by atoms with Crippen LogP contribution < -0.4 is 5.32 Å². The molecule has 2 N–H and O–H groups in total. The number of allylic oxidation sites excluding steroid dienone is 1. The number of thiophene rings is 1. The number of fused-ring (bicyclic) bond motifs is 1. The summed E-state index contributed by atoms with van der Waals surface area (Å²) in [6, 6.07) is 10.1. The second-order valence-electron chi connectivity index (χ2n) is 7.12. The van der Waals surface area contributed by atoms with Crippen LogP contribution in [-0.2, 0) is 27.2 Å². The predicted octanol–water partition coefficient (Wildman–Crippen LogP) is 5.07. The Labute approximate surface area is 200 Å². The number of aliphatic hydroxyl groups excluding tert-OH is 1. The topological polar surface area (TPSA) is 123 Å². The summed E-state index contributed by atoms with van der Waals surface area (Å²) in [6.45, 7) is 1.57. The van der Waals surface area contributed by atoms with Crippen molar-refractivity contribution >= 4 is 45.8 Å². The zero-order chi connectivity index (χ0) is 24.0. The lowest BCUT2D eigenvalue weighted by Crippen LogP contribution is -2.14. The van der Waals surface area contributed by atoms with E-state index in [0.717, 1.165) is 36.1 Å². The van der Waals surface area contributed by atoms with Crippen molar-refractivity contribution in [3.63, 3.8) is 0 Å². The van der Waals surface area contributed by atoms with Gasteiger partial charge in [-0.15, -0.1) is 11.3 Å². The Morgan fingerprint density at radius 1 is 1.27 bits per heavy atom. The van der Waals surface area contributed by atoms with Crippen LogP contribution in [0.25, 0.3) is 5.57 Å². The van der Waals surface area contributed by atoms with E-state index in [1.54, 1.807) is 37.3 Å². The van der Waals surface area contributed by atoms with E-state index in [4.69, 9.17) is 16.3 Å². The van der Waals surface area contributed by atoms with Crippen molar-refractivity contribution in [2.45, 2.75) is 32.6 Å². The van der Waals surface area contributed by atoms with E-state index in [-0.39, 0.29) is 17.9 Å². The summed E-state index contributed by atoms with van der Waals surface area (Å²) < 4.78 is 4.88. The standard InChI is InChI=1S/C24H20ClN3O4S/c1-2-32-24(31)18(12-27)22(30)21(19(13-29)14-7-9-15(25)10-8-14)28-23-17(11-26)16-5-3-4-6-20(16)33-23/h7-10,13,28,30H,2-6H2,1H3. The molecule has 0 saturated heterocycles. The summed E-state index contributed by atoms with van der Waals surface area (Å²) in [7, 11) is 0. The van der Waals surface area contributed by atoms with Crippen LogP contribution in [0.5, 0.6) is 0 Å². The van der Waals surface area contributed by atoms with E-state index in [0.29, 0.717) is 27.4 Å². The van der Waals surface area contributed by atoms with Gasteiger partial charge in [-0.3, -0.25) is 4.79 Å². The molecule has 1 aliphatic rings. The monoisotopic (exact) mass is 481 g/mol. The number of carbonyl (C=O) groups is 2. The van der Waals surface area contributed by atoms with Crippen LogP contribution in [0.2, 0.25) is 5.02 Å². The molecule has 0 saturated carbocycles. The molecule has 0 atom stereocenters. The van der Waals surface area contributed by atoms with Gasteiger partial charge in [-0.25, -0.2) is 4.79 Å². The molecule has 1 aromatic carbocycles. The fourth-order valence-corrected chi connectivity index (χ4v) is 4.93. The highest BCUT2D eigenvalue weighted by molar-refractivity contribution is 7.16. The third-order valence-corrected chi connectivity index (χ3v) is 6.59. The number of nitriles is 2. The summed E-state index contributed by atoms with van der Waals surface area (Å²) in [5.41, 5.74) is 0.917. The Morgan fingerprint density at radius 3 is 2.58 bits per heavy atom. The molecule has 33 heavy (non-hydrogen) atoms.